The van der Waals surface area contributed by atoms with Crippen LogP contribution in [0.15, 0.2) is 23.9 Å². The fourth-order valence-corrected chi connectivity index (χ4v) is 1.28. The largest absolute Gasteiger partial charge is 0.253 e. The number of nitrogens with zero attached hydrogens (tertiary/aromatic N) is 1. The van der Waals surface area contributed by atoms with E-state index in [1.165, 1.54) is 31.4 Å². The van der Waals surface area contributed by atoms with Crippen LogP contribution in [0.25, 0.3) is 0 Å². The van der Waals surface area contributed by atoms with Gasteiger partial charge in [-0.1, -0.05) is 26.2 Å². The van der Waals surface area contributed by atoms with E-state index in [1.54, 1.807) is 0 Å². The van der Waals surface area contributed by atoms with E-state index >= 15 is 0 Å². The van der Waals surface area contributed by atoms with Gasteiger partial charge in [-0.05, 0) is 12.5 Å². The van der Waals surface area contributed by atoms with Crippen LogP contribution in [0.4, 0.5) is 0 Å². The van der Waals surface area contributed by atoms with Crippen LogP contribution >= 0.6 is 0 Å². The van der Waals surface area contributed by atoms with Gasteiger partial charge in [0.05, 0.1) is 4.99 Å². The third-order valence-corrected chi connectivity index (χ3v) is 2.01. The lowest BCUT2D eigenvalue weighted by Crippen LogP contribution is -1.96. The average molecular weight is 163 g/mol. The quantitative estimate of drug-likeness (QED) is 0.553. The Morgan fingerprint density at radius 3 is 2.75 bits per heavy atom. The average Bonchev–Trinajstić information content (AvgIpc) is 2.14. The maximum absolute atomic E-state index is 4.28. The fourth-order valence-electron chi connectivity index (χ4n) is 1.28. The van der Waals surface area contributed by atoms with Crippen molar-refractivity contribution in [2.75, 3.05) is 0 Å². The topological polar surface area (TPSA) is 14.1 Å². The molecule has 12 heavy (non-hydrogen) atoms. The molecule has 0 aromatic heterocycles. The summed E-state index contributed by atoms with van der Waals surface area (Å²) >= 11 is 0. The zero-order valence-electron chi connectivity index (χ0n) is 7.79. The summed E-state index contributed by atoms with van der Waals surface area (Å²) in [4.78, 5) is 4.28. The van der Waals surface area contributed by atoms with Crippen molar-refractivity contribution in [1.82, 2.24) is 4.99 Å². The molecule has 1 rings (SSSR count). The maximum Gasteiger partial charge on any atom is 0.253 e. The summed E-state index contributed by atoms with van der Waals surface area (Å²) in [6.07, 6.45) is 14.4. The Hall–Kier alpha value is -0.850. The summed E-state index contributed by atoms with van der Waals surface area (Å²) in [5.41, 5.74) is 1.23. The van der Waals surface area contributed by atoms with E-state index in [2.05, 4.69) is 24.1 Å². The maximum atomic E-state index is 4.28. The highest BCUT2D eigenvalue weighted by Crippen LogP contribution is 2.08. The second-order valence-corrected chi connectivity index (χ2v) is 3.13. The van der Waals surface area contributed by atoms with Gasteiger partial charge in [0.2, 0.25) is 6.21 Å². The lowest BCUT2D eigenvalue weighted by atomic mass is 10.1. The van der Waals surface area contributed by atoms with Crippen LogP contribution in [0.2, 0.25) is 0 Å². The van der Waals surface area contributed by atoms with Gasteiger partial charge in [-0.3, -0.25) is 0 Å². The second-order valence-electron chi connectivity index (χ2n) is 3.13. The molecule has 0 amide bonds. The van der Waals surface area contributed by atoms with Crippen molar-refractivity contribution >= 4 is 6.21 Å². The molecule has 0 aromatic carbocycles. The first kappa shape index (κ1) is 9.24. The zero-order chi connectivity index (χ0) is 8.65. The second kappa shape index (κ2) is 5.76. The van der Waals surface area contributed by atoms with Gasteiger partial charge in [-0.2, -0.15) is 0 Å². The summed E-state index contributed by atoms with van der Waals surface area (Å²) in [5, 5.41) is 0. The predicted octanol–water partition coefficient (Wildman–Crippen LogP) is 2.82. The van der Waals surface area contributed by atoms with Crippen LogP contribution in [0, 0.1) is 0 Å². The SMILES string of the molecule is CCCCCCC1=CC=CC=[N+]1. The van der Waals surface area contributed by atoms with E-state index in [4.69, 9.17) is 0 Å². The molecular formula is C11H17N+. The zero-order valence-corrected chi connectivity index (χ0v) is 7.79. The molecule has 0 fully saturated rings. The highest BCUT2D eigenvalue weighted by molar-refractivity contribution is 5.72. The summed E-state index contributed by atoms with van der Waals surface area (Å²) in [6, 6.07) is 0. The van der Waals surface area contributed by atoms with Gasteiger partial charge in [0.25, 0.3) is 5.70 Å². The number of hydrogen-bond donors (Lipinski definition) is 0. The molecule has 1 heteroatoms. The molecule has 0 aliphatic carbocycles. The van der Waals surface area contributed by atoms with Gasteiger partial charge in [0.15, 0.2) is 0 Å². The smallest absolute Gasteiger partial charge is 0.0654 e. The Morgan fingerprint density at radius 2 is 2.08 bits per heavy atom. The predicted molar refractivity (Wildman–Crippen MR) is 54.2 cm³/mol. The van der Waals surface area contributed by atoms with E-state index in [-0.39, 0.29) is 0 Å². The van der Waals surface area contributed by atoms with Gasteiger partial charge >= 0.3 is 0 Å². The standard InChI is InChI=1S/C11H17N/c1-2-3-4-5-8-11-9-6-7-10-12-11/h6-7,9-10H,2-5,8H2,1H3/q+1. The third-order valence-electron chi connectivity index (χ3n) is 2.01. The Kier molecular flexibility index (Phi) is 4.43. The lowest BCUT2D eigenvalue weighted by Gasteiger charge is -1.94. The van der Waals surface area contributed by atoms with E-state index in [0.717, 1.165) is 6.42 Å². The number of rotatable bonds is 5. The number of aliphatic imine (C=N–C) groups is 1. The Balaban J connectivity index is 2.11. The van der Waals surface area contributed by atoms with E-state index < -0.39 is 0 Å². The van der Waals surface area contributed by atoms with Crippen molar-refractivity contribution in [3.05, 3.63) is 23.9 Å². The van der Waals surface area contributed by atoms with Crippen molar-refractivity contribution in [2.24, 2.45) is 0 Å². The summed E-state index contributed by atoms with van der Waals surface area (Å²) in [7, 11) is 0. The van der Waals surface area contributed by atoms with Crippen LogP contribution in [-0.4, -0.2) is 6.21 Å². The fraction of sp³-hybridized carbons (Fsp3) is 0.545. The highest BCUT2D eigenvalue weighted by atomic mass is 14.7. The van der Waals surface area contributed by atoms with Gasteiger partial charge in [0.1, 0.15) is 0 Å². The minimum atomic E-state index is 1.14. The Labute approximate surface area is 74.9 Å². The number of unbranched alkanes of at least 4 members (excludes halogenated alkanes) is 3. The van der Waals surface area contributed by atoms with Crippen molar-refractivity contribution in [1.29, 1.82) is 0 Å². The van der Waals surface area contributed by atoms with Crippen LogP contribution < -0.4 is 4.99 Å². The van der Waals surface area contributed by atoms with Gasteiger partial charge in [-0.15, -0.1) is 0 Å². The first-order valence-electron chi connectivity index (χ1n) is 4.83. The monoisotopic (exact) mass is 163 g/mol. The van der Waals surface area contributed by atoms with Crippen molar-refractivity contribution in [3.8, 4) is 0 Å². The number of hydrogen-bond acceptors (Lipinski definition) is 1. The molecule has 0 bridgehead atoms. The molecule has 1 aliphatic rings. The van der Waals surface area contributed by atoms with Crippen molar-refractivity contribution in [2.45, 2.75) is 39.0 Å². The summed E-state index contributed by atoms with van der Waals surface area (Å²) < 4.78 is 0. The first-order chi connectivity index (χ1) is 5.93. The molecule has 0 saturated heterocycles. The molecule has 0 atom stereocenters. The van der Waals surface area contributed by atoms with Crippen LogP contribution in [-0.2, 0) is 0 Å². The first-order valence-corrected chi connectivity index (χ1v) is 4.83. The Morgan fingerprint density at radius 1 is 1.17 bits per heavy atom. The number of allylic oxidation sites excluding steroid dienone is 4. The van der Waals surface area contributed by atoms with Gasteiger partial charge in [-0.25, -0.2) is 0 Å². The molecule has 65 valence electrons. The molecule has 0 unspecified atom stereocenters. The van der Waals surface area contributed by atoms with Gasteiger partial charge in [0, 0.05) is 18.6 Å². The molecule has 0 aromatic rings. The Bertz CT molecular complexity index is 199. The van der Waals surface area contributed by atoms with E-state index in [9.17, 15) is 0 Å². The summed E-state index contributed by atoms with van der Waals surface area (Å²) in [5.74, 6) is 0. The van der Waals surface area contributed by atoms with Gasteiger partial charge < -0.3 is 0 Å². The van der Waals surface area contributed by atoms with Crippen LogP contribution in [0.1, 0.15) is 39.0 Å². The third kappa shape index (κ3) is 3.51. The molecule has 1 heterocycles. The summed E-state index contributed by atoms with van der Waals surface area (Å²) in [6.45, 7) is 2.24. The van der Waals surface area contributed by atoms with E-state index in [1.807, 2.05) is 12.3 Å². The molecule has 1 radical (unpaired) electrons. The minimum Gasteiger partial charge on any atom is -0.0654 e. The molecule has 0 spiro atoms. The lowest BCUT2D eigenvalue weighted by molar-refractivity contribution is 0.658. The molecule has 0 N–H and O–H groups in total. The molecule has 1 nitrogen and oxygen atoms in total. The van der Waals surface area contributed by atoms with Crippen LogP contribution in [0.3, 0.4) is 0 Å². The molecular weight excluding hydrogens is 146 g/mol. The molecule has 0 saturated carbocycles. The molecule has 1 aliphatic heterocycles. The van der Waals surface area contributed by atoms with Crippen molar-refractivity contribution < 1.29 is 0 Å². The van der Waals surface area contributed by atoms with E-state index in [0.29, 0.717) is 0 Å². The minimum absolute atomic E-state index is 1.14. The highest BCUT2D eigenvalue weighted by Gasteiger charge is 2.06. The van der Waals surface area contributed by atoms with Crippen molar-refractivity contribution in [3.63, 3.8) is 0 Å². The normalized spacial score (nSPS) is 14.9. The van der Waals surface area contributed by atoms with Crippen LogP contribution in [0.5, 0.6) is 0 Å².